The summed E-state index contributed by atoms with van der Waals surface area (Å²) in [6.45, 7) is 0.691. The van der Waals surface area contributed by atoms with Crippen LogP contribution < -0.4 is 4.72 Å². The van der Waals surface area contributed by atoms with E-state index in [-0.39, 0.29) is 16.2 Å². The molecule has 0 bridgehead atoms. The molecule has 0 spiro atoms. The Morgan fingerprint density at radius 3 is 2.83 bits per heavy atom. The Labute approximate surface area is 112 Å². The van der Waals surface area contributed by atoms with Crippen molar-refractivity contribution in [3.63, 3.8) is 0 Å². The molecule has 0 aliphatic rings. The normalized spacial score (nSPS) is 11.9. The molecular weight excluding hydrogens is 324 g/mol. The molecule has 0 saturated heterocycles. The van der Waals surface area contributed by atoms with Gasteiger partial charge in [0.15, 0.2) is 4.60 Å². The molecule has 0 atom stereocenters. The summed E-state index contributed by atoms with van der Waals surface area (Å²) < 4.78 is 29.5. The fraction of sp³-hybridized carbons (Fsp3) is 0.375. The van der Waals surface area contributed by atoms with Gasteiger partial charge in [0.1, 0.15) is 0 Å². The number of hydrogen-bond donors (Lipinski definition) is 1. The zero-order valence-corrected chi connectivity index (χ0v) is 11.9. The lowest BCUT2D eigenvalue weighted by molar-refractivity contribution is 0.546. The molecule has 0 fully saturated rings. The van der Waals surface area contributed by atoms with Gasteiger partial charge < -0.3 is 0 Å². The molecule has 0 amide bonds. The van der Waals surface area contributed by atoms with E-state index in [1.54, 1.807) is 23.1 Å². The van der Waals surface area contributed by atoms with Gasteiger partial charge in [-0.05, 0) is 22.0 Å². The van der Waals surface area contributed by atoms with Gasteiger partial charge in [-0.3, -0.25) is 4.68 Å². The van der Waals surface area contributed by atoms with E-state index < -0.39 is 10.0 Å². The fourth-order valence-electron chi connectivity index (χ4n) is 1.40. The third-order valence-electron chi connectivity index (χ3n) is 2.18. The third-order valence-corrected chi connectivity index (χ3v) is 4.53. The average molecular weight is 335 g/mol. The molecule has 2 rings (SSSR count). The fourth-order valence-corrected chi connectivity index (χ4v) is 3.51. The zero-order valence-electron chi connectivity index (χ0n) is 9.49. The summed E-state index contributed by atoms with van der Waals surface area (Å²) in [5.74, 6) is 0. The van der Waals surface area contributed by atoms with E-state index in [1.807, 2.05) is 0 Å². The van der Waals surface area contributed by atoms with Gasteiger partial charge >= 0.3 is 0 Å². The molecular formula is C8H11BrN6O2S. The topological polar surface area (TPSA) is 94.7 Å². The van der Waals surface area contributed by atoms with Gasteiger partial charge in [0, 0.05) is 26.0 Å². The van der Waals surface area contributed by atoms with E-state index in [1.165, 1.54) is 11.7 Å². The summed E-state index contributed by atoms with van der Waals surface area (Å²) in [5, 5.41) is 11.2. The van der Waals surface area contributed by atoms with E-state index in [2.05, 4.69) is 36.1 Å². The Kier molecular flexibility index (Phi) is 3.78. The Balaban J connectivity index is 2.04. The Bertz CT molecular complexity index is 601. The maximum Gasteiger partial charge on any atom is 0.260 e. The standard InChI is InChI=1S/C8H11BrN6O2S/c1-14-8(7(9)12-13-14)18(16,17)11-4-6-15-5-2-3-10-15/h2-3,5,11H,4,6H2,1H3. The molecule has 10 heteroatoms. The van der Waals surface area contributed by atoms with E-state index in [9.17, 15) is 8.42 Å². The molecule has 0 aliphatic carbocycles. The minimum absolute atomic E-state index is 0.00275. The van der Waals surface area contributed by atoms with Crippen molar-refractivity contribution in [1.82, 2.24) is 29.5 Å². The van der Waals surface area contributed by atoms with Gasteiger partial charge in [-0.2, -0.15) is 5.10 Å². The maximum absolute atomic E-state index is 12.0. The van der Waals surface area contributed by atoms with E-state index in [4.69, 9.17) is 0 Å². The molecule has 98 valence electrons. The first kappa shape index (κ1) is 13.2. The van der Waals surface area contributed by atoms with Gasteiger partial charge in [0.25, 0.3) is 10.0 Å². The lowest BCUT2D eigenvalue weighted by atomic mass is 10.6. The molecule has 0 unspecified atom stereocenters. The number of rotatable bonds is 5. The van der Waals surface area contributed by atoms with Crippen LogP contribution in [0.4, 0.5) is 0 Å². The first-order valence-electron chi connectivity index (χ1n) is 5.03. The SMILES string of the molecule is Cn1nnc(Br)c1S(=O)(=O)NCCn1cccn1. The highest BCUT2D eigenvalue weighted by Crippen LogP contribution is 2.17. The second kappa shape index (κ2) is 5.16. The second-order valence-corrected chi connectivity index (χ2v) is 5.91. The molecule has 2 aromatic rings. The van der Waals surface area contributed by atoms with Crippen LogP contribution in [0.1, 0.15) is 0 Å². The average Bonchev–Trinajstić information content (AvgIpc) is 2.89. The quantitative estimate of drug-likeness (QED) is 0.813. The number of nitrogens with zero attached hydrogens (tertiary/aromatic N) is 5. The van der Waals surface area contributed by atoms with E-state index >= 15 is 0 Å². The summed E-state index contributed by atoms with van der Waals surface area (Å²) in [6, 6.07) is 1.77. The Hall–Kier alpha value is -1.26. The first-order valence-corrected chi connectivity index (χ1v) is 7.30. The van der Waals surface area contributed by atoms with E-state index in [0.717, 1.165) is 0 Å². The van der Waals surface area contributed by atoms with Gasteiger partial charge in [0.05, 0.1) is 6.54 Å². The van der Waals surface area contributed by atoms with Gasteiger partial charge in [0.2, 0.25) is 5.03 Å². The number of hydrogen-bond acceptors (Lipinski definition) is 5. The first-order chi connectivity index (χ1) is 8.50. The van der Waals surface area contributed by atoms with Crippen LogP contribution in [-0.2, 0) is 23.6 Å². The van der Waals surface area contributed by atoms with Crippen molar-refractivity contribution in [2.45, 2.75) is 11.6 Å². The summed E-state index contributed by atoms with van der Waals surface area (Å²) in [6.07, 6.45) is 3.39. The lowest BCUT2D eigenvalue weighted by Crippen LogP contribution is -2.29. The van der Waals surface area contributed by atoms with Crippen molar-refractivity contribution < 1.29 is 8.42 Å². The van der Waals surface area contributed by atoms with Crippen LogP contribution in [0, 0.1) is 0 Å². The summed E-state index contributed by atoms with van der Waals surface area (Å²) in [7, 11) is -2.12. The number of aryl methyl sites for hydroxylation is 1. The minimum atomic E-state index is -3.63. The molecule has 0 aliphatic heterocycles. The monoisotopic (exact) mass is 334 g/mol. The van der Waals surface area contributed by atoms with E-state index in [0.29, 0.717) is 6.54 Å². The molecule has 0 saturated carbocycles. The molecule has 0 aromatic carbocycles. The van der Waals surface area contributed by atoms with Crippen LogP contribution in [0.25, 0.3) is 0 Å². The highest BCUT2D eigenvalue weighted by Gasteiger charge is 2.23. The zero-order chi connectivity index (χ0) is 13.2. The predicted molar refractivity (Wildman–Crippen MR) is 66.1 cm³/mol. The Morgan fingerprint density at radius 2 is 2.28 bits per heavy atom. The highest BCUT2D eigenvalue weighted by molar-refractivity contribution is 9.10. The summed E-state index contributed by atoms with van der Waals surface area (Å²) in [4.78, 5) is 0. The van der Waals surface area contributed by atoms with Crippen molar-refractivity contribution in [2.24, 2.45) is 7.05 Å². The third kappa shape index (κ3) is 2.76. The van der Waals surface area contributed by atoms with Crippen molar-refractivity contribution in [1.29, 1.82) is 0 Å². The van der Waals surface area contributed by atoms with Crippen LogP contribution in [0.3, 0.4) is 0 Å². The molecule has 1 N–H and O–H groups in total. The van der Waals surface area contributed by atoms with Crippen LogP contribution in [0.15, 0.2) is 28.1 Å². The highest BCUT2D eigenvalue weighted by atomic mass is 79.9. The lowest BCUT2D eigenvalue weighted by Gasteiger charge is -2.06. The van der Waals surface area contributed by atoms with Gasteiger partial charge in [-0.1, -0.05) is 5.21 Å². The van der Waals surface area contributed by atoms with Crippen molar-refractivity contribution in [3.8, 4) is 0 Å². The molecule has 2 heterocycles. The molecule has 18 heavy (non-hydrogen) atoms. The van der Waals surface area contributed by atoms with Crippen LogP contribution >= 0.6 is 15.9 Å². The predicted octanol–water partition coefficient (Wildman–Crippen LogP) is -0.247. The van der Waals surface area contributed by atoms with Crippen molar-refractivity contribution in [3.05, 3.63) is 23.1 Å². The second-order valence-electron chi connectivity index (χ2n) is 3.48. The number of aromatic nitrogens is 5. The maximum atomic E-state index is 12.0. The van der Waals surface area contributed by atoms with Gasteiger partial charge in [-0.15, -0.1) is 5.10 Å². The van der Waals surface area contributed by atoms with Gasteiger partial charge in [-0.25, -0.2) is 17.8 Å². The van der Waals surface area contributed by atoms with Crippen LogP contribution in [0.5, 0.6) is 0 Å². The van der Waals surface area contributed by atoms with Crippen molar-refractivity contribution >= 4 is 26.0 Å². The smallest absolute Gasteiger partial charge is 0.260 e. The molecule has 8 nitrogen and oxygen atoms in total. The Morgan fingerprint density at radius 1 is 1.50 bits per heavy atom. The minimum Gasteiger partial charge on any atom is -0.271 e. The molecule has 2 aromatic heterocycles. The molecule has 0 radical (unpaired) electrons. The van der Waals surface area contributed by atoms with Crippen molar-refractivity contribution in [2.75, 3.05) is 6.54 Å². The summed E-state index contributed by atoms with van der Waals surface area (Å²) in [5.41, 5.74) is 0. The number of halogens is 1. The number of sulfonamides is 1. The van der Waals surface area contributed by atoms with Crippen LogP contribution in [0.2, 0.25) is 0 Å². The number of nitrogens with one attached hydrogen (secondary N) is 1. The largest absolute Gasteiger partial charge is 0.271 e. The van der Waals surface area contributed by atoms with Crippen LogP contribution in [-0.4, -0.2) is 39.7 Å². The summed E-state index contributed by atoms with van der Waals surface area (Å²) >= 11 is 3.05.